The maximum absolute atomic E-state index is 11.9. The van der Waals surface area contributed by atoms with Gasteiger partial charge < -0.3 is 16.8 Å². The summed E-state index contributed by atoms with van der Waals surface area (Å²) in [7, 11) is -3.25. The van der Waals surface area contributed by atoms with Gasteiger partial charge in [0.05, 0.1) is 17.0 Å². The van der Waals surface area contributed by atoms with E-state index in [4.69, 9.17) is 11.5 Å². The second-order valence-electron chi connectivity index (χ2n) is 5.18. The van der Waals surface area contributed by atoms with E-state index in [2.05, 4.69) is 5.32 Å². The monoisotopic (exact) mass is 363 g/mol. The number of nitrogens with one attached hydrogen (secondary N) is 1. The van der Waals surface area contributed by atoms with Crippen molar-refractivity contribution in [3.8, 4) is 0 Å². The second kappa shape index (κ2) is 8.85. The molecule has 2 atom stereocenters. The molecule has 0 aliphatic rings. The Morgan fingerprint density at radius 3 is 2.17 bits per heavy atom. The van der Waals surface area contributed by atoms with Gasteiger partial charge in [0, 0.05) is 12.7 Å². The maximum atomic E-state index is 11.9. The van der Waals surface area contributed by atoms with E-state index in [-0.39, 0.29) is 42.1 Å². The van der Waals surface area contributed by atoms with Crippen molar-refractivity contribution in [2.75, 3.05) is 6.26 Å². The molecule has 9 heteroatoms. The van der Waals surface area contributed by atoms with Crippen molar-refractivity contribution in [2.45, 2.75) is 36.7 Å². The van der Waals surface area contributed by atoms with Crippen LogP contribution >= 0.6 is 12.4 Å². The van der Waals surface area contributed by atoms with E-state index in [9.17, 15) is 18.0 Å². The van der Waals surface area contributed by atoms with Crippen LogP contribution in [0.3, 0.4) is 0 Å². The van der Waals surface area contributed by atoms with Gasteiger partial charge in [-0.1, -0.05) is 12.1 Å². The van der Waals surface area contributed by atoms with Crippen molar-refractivity contribution in [2.24, 2.45) is 11.5 Å². The minimum atomic E-state index is -3.25. The zero-order chi connectivity index (χ0) is 16.9. The normalized spacial score (nSPS) is 13.5. The Balaban J connectivity index is 0.00000484. The Morgan fingerprint density at radius 2 is 1.74 bits per heavy atom. The first-order chi connectivity index (χ1) is 10.1. The highest BCUT2D eigenvalue weighted by Gasteiger charge is 2.17. The summed E-state index contributed by atoms with van der Waals surface area (Å²) < 4.78 is 22.8. The van der Waals surface area contributed by atoms with E-state index < -0.39 is 21.8 Å². The Labute approximate surface area is 142 Å². The molecule has 0 aliphatic carbocycles. The minimum Gasteiger partial charge on any atom is -0.370 e. The van der Waals surface area contributed by atoms with Crippen LogP contribution in [0.5, 0.6) is 0 Å². The molecule has 1 rings (SSSR count). The van der Waals surface area contributed by atoms with Gasteiger partial charge in [-0.15, -0.1) is 12.4 Å². The zero-order valence-corrected chi connectivity index (χ0v) is 14.6. The molecule has 0 spiro atoms. The van der Waals surface area contributed by atoms with E-state index >= 15 is 0 Å². The molecule has 1 aromatic carbocycles. The summed E-state index contributed by atoms with van der Waals surface area (Å²) in [4.78, 5) is 22.8. The molecule has 0 saturated carbocycles. The van der Waals surface area contributed by atoms with Crippen molar-refractivity contribution in [3.05, 3.63) is 29.8 Å². The Morgan fingerprint density at radius 1 is 1.22 bits per heavy atom. The fourth-order valence-electron chi connectivity index (χ4n) is 1.84. The molecule has 130 valence electrons. The van der Waals surface area contributed by atoms with Crippen LogP contribution in [0.1, 0.15) is 31.4 Å². The number of sulfone groups is 1. The van der Waals surface area contributed by atoms with Crippen LogP contribution < -0.4 is 16.8 Å². The molecule has 1 aromatic rings. The zero-order valence-electron chi connectivity index (χ0n) is 13.0. The first kappa shape index (κ1) is 21.4. The lowest BCUT2D eigenvalue weighted by Crippen LogP contribution is -2.42. The molecule has 0 aromatic heterocycles. The average Bonchev–Trinajstić information content (AvgIpc) is 2.43. The van der Waals surface area contributed by atoms with E-state index in [0.717, 1.165) is 11.8 Å². The summed E-state index contributed by atoms with van der Waals surface area (Å²) in [5, 5.41) is 2.71. The van der Waals surface area contributed by atoms with Gasteiger partial charge in [-0.05, 0) is 31.0 Å². The Kier molecular flexibility index (Phi) is 8.22. The summed E-state index contributed by atoms with van der Waals surface area (Å²) in [5.41, 5.74) is 11.4. The van der Waals surface area contributed by atoms with Gasteiger partial charge in [0.2, 0.25) is 11.8 Å². The van der Waals surface area contributed by atoms with Crippen molar-refractivity contribution >= 4 is 34.1 Å². The topological polar surface area (TPSA) is 132 Å². The van der Waals surface area contributed by atoms with Crippen LogP contribution in [0.15, 0.2) is 29.2 Å². The lowest BCUT2D eigenvalue weighted by Gasteiger charge is -2.18. The summed E-state index contributed by atoms with van der Waals surface area (Å²) in [5.74, 6) is -0.895. The summed E-state index contributed by atoms with van der Waals surface area (Å²) in [6.45, 7) is 1.76. The first-order valence-electron chi connectivity index (χ1n) is 6.75. The van der Waals surface area contributed by atoms with Gasteiger partial charge in [0.15, 0.2) is 9.84 Å². The molecular weight excluding hydrogens is 342 g/mol. The van der Waals surface area contributed by atoms with Crippen LogP contribution in [0, 0.1) is 0 Å². The van der Waals surface area contributed by atoms with Gasteiger partial charge in [-0.2, -0.15) is 0 Å². The third-order valence-electron chi connectivity index (χ3n) is 3.21. The van der Waals surface area contributed by atoms with Crippen LogP contribution in [0.4, 0.5) is 0 Å². The van der Waals surface area contributed by atoms with E-state index in [0.29, 0.717) is 0 Å². The van der Waals surface area contributed by atoms with Gasteiger partial charge in [-0.25, -0.2) is 8.42 Å². The van der Waals surface area contributed by atoms with E-state index in [1.807, 2.05) is 0 Å². The average molecular weight is 364 g/mol. The van der Waals surface area contributed by atoms with Crippen LogP contribution in [-0.2, 0) is 19.4 Å². The van der Waals surface area contributed by atoms with Crippen molar-refractivity contribution in [3.63, 3.8) is 0 Å². The summed E-state index contributed by atoms with van der Waals surface area (Å²) in [6.07, 6.45) is 1.36. The summed E-state index contributed by atoms with van der Waals surface area (Å²) in [6, 6.07) is 5.10. The number of nitrogens with two attached hydrogens (primary N) is 2. The third-order valence-corrected chi connectivity index (χ3v) is 4.33. The number of benzene rings is 1. The summed E-state index contributed by atoms with van der Waals surface area (Å²) >= 11 is 0. The number of primary amides is 1. The number of carbonyl (C=O) groups is 2. The SMILES string of the molecule is C[C@@H](NC(=O)[C@@H](N)CCC(N)=O)c1ccc(S(C)(=O)=O)cc1.Cl. The largest absolute Gasteiger partial charge is 0.370 e. The quantitative estimate of drug-likeness (QED) is 0.640. The molecule has 0 bridgehead atoms. The lowest BCUT2D eigenvalue weighted by molar-refractivity contribution is -0.123. The molecule has 5 N–H and O–H groups in total. The van der Waals surface area contributed by atoms with Gasteiger partial charge in [0.1, 0.15) is 0 Å². The second-order valence-corrected chi connectivity index (χ2v) is 7.20. The molecule has 0 saturated heterocycles. The number of amides is 2. The highest BCUT2D eigenvalue weighted by Crippen LogP contribution is 2.16. The predicted molar refractivity (Wildman–Crippen MR) is 89.8 cm³/mol. The third kappa shape index (κ3) is 6.98. The van der Waals surface area contributed by atoms with E-state index in [1.54, 1.807) is 19.1 Å². The molecule has 0 unspecified atom stereocenters. The smallest absolute Gasteiger partial charge is 0.237 e. The minimum absolute atomic E-state index is 0. The fourth-order valence-corrected chi connectivity index (χ4v) is 2.47. The van der Waals surface area contributed by atoms with Crippen LogP contribution in [0.25, 0.3) is 0 Å². The molecule has 0 aliphatic heterocycles. The molecule has 23 heavy (non-hydrogen) atoms. The van der Waals surface area contributed by atoms with Crippen molar-refractivity contribution in [1.29, 1.82) is 0 Å². The Bertz CT molecular complexity index is 646. The van der Waals surface area contributed by atoms with Crippen LogP contribution in [0.2, 0.25) is 0 Å². The molecule has 7 nitrogen and oxygen atoms in total. The maximum Gasteiger partial charge on any atom is 0.237 e. The first-order valence-corrected chi connectivity index (χ1v) is 8.64. The van der Waals surface area contributed by atoms with Crippen LogP contribution in [-0.4, -0.2) is 32.5 Å². The molecule has 0 radical (unpaired) electrons. The Hall–Kier alpha value is -1.64. The highest BCUT2D eigenvalue weighted by atomic mass is 35.5. The number of hydrogen-bond donors (Lipinski definition) is 3. The van der Waals surface area contributed by atoms with Gasteiger partial charge >= 0.3 is 0 Å². The number of hydrogen-bond acceptors (Lipinski definition) is 5. The predicted octanol–water partition coefficient (Wildman–Crippen LogP) is 0.282. The van der Waals surface area contributed by atoms with E-state index in [1.165, 1.54) is 12.1 Å². The number of rotatable bonds is 7. The van der Waals surface area contributed by atoms with Crippen molar-refractivity contribution < 1.29 is 18.0 Å². The molecule has 0 heterocycles. The van der Waals surface area contributed by atoms with Crippen molar-refractivity contribution in [1.82, 2.24) is 5.32 Å². The molecule has 2 amide bonds. The fraction of sp³-hybridized carbons (Fsp3) is 0.429. The van der Waals surface area contributed by atoms with Gasteiger partial charge in [0.25, 0.3) is 0 Å². The molecule has 0 fully saturated rings. The highest BCUT2D eigenvalue weighted by molar-refractivity contribution is 7.90. The number of carbonyl (C=O) groups excluding carboxylic acids is 2. The number of halogens is 1. The lowest BCUT2D eigenvalue weighted by atomic mass is 10.1. The molecular formula is C14H22ClN3O4S. The standard InChI is InChI=1S/C14H21N3O4S.ClH/c1-9(17-14(19)12(15)7-8-13(16)18)10-3-5-11(6-4-10)22(2,20)21;/h3-6,9,12H,7-8,15H2,1-2H3,(H2,16,18)(H,17,19);1H/t9-,12+;/m1./s1. The van der Waals surface area contributed by atoms with Gasteiger partial charge in [-0.3, -0.25) is 9.59 Å².